The molecule has 3 heterocycles. The van der Waals surface area contributed by atoms with Gasteiger partial charge in [0, 0.05) is 25.0 Å². The SMILES string of the molecule is CCc1ncccc1N(C)c1ncc2c(n1)CN(C(=O)OC(C)(C)C)C2. The normalized spacial score (nSPS) is 13.5. The van der Waals surface area contributed by atoms with Crippen molar-refractivity contribution in [1.82, 2.24) is 19.9 Å². The highest BCUT2D eigenvalue weighted by Crippen LogP contribution is 2.27. The van der Waals surface area contributed by atoms with Gasteiger partial charge in [0.15, 0.2) is 0 Å². The van der Waals surface area contributed by atoms with E-state index in [1.54, 1.807) is 17.3 Å². The van der Waals surface area contributed by atoms with Crippen LogP contribution in [0.2, 0.25) is 0 Å². The van der Waals surface area contributed by atoms with Crippen molar-refractivity contribution in [1.29, 1.82) is 0 Å². The summed E-state index contributed by atoms with van der Waals surface area (Å²) >= 11 is 0. The predicted octanol–water partition coefficient (Wildman–Crippen LogP) is 3.45. The molecule has 2 aromatic heterocycles. The Balaban J connectivity index is 1.80. The van der Waals surface area contributed by atoms with Crippen LogP contribution in [-0.4, -0.2) is 38.6 Å². The zero-order valence-electron chi connectivity index (χ0n) is 16.0. The third-order valence-electron chi connectivity index (χ3n) is 4.16. The molecular formula is C19H25N5O2. The van der Waals surface area contributed by atoms with E-state index in [1.165, 1.54) is 0 Å². The number of ether oxygens (including phenoxy) is 1. The fourth-order valence-corrected chi connectivity index (χ4v) is 2.88. The number of fused-ring (bicyclic) bond motifs is 1. The molecule has 7 nitrogen and oxygen atoms in total. The molecule has 0 atom stereocenters. The highest BCUT2D eigenvalue weighted by atomic mass is 16.6. The molecule has 0 saturated carbocycles. The first kappa shape index (κ1) is 18.1. The molecule has 0 N–H and O–H groups in total. The van der Waals surface area contributed by atoms with Gasteiger partial charge in [0.25, 0.3) is 0 Å². The summed E-state index contributed by atoms with van der Waals surface area (Å²) in [7, 11) is 1.93. The molecular weight excluding hydrogens is 330 g/mol. The van der Waals surface area contributed by atoms with E-state index in [9.17, 15) is 4.79 Å². The minimum absolute atomic E-state index is 0.328. The molecule has 26 heavy (non-hydrogen) atoms. The Labute approximate surface area is 154 Å². The second-order valence-corrected chi connectivity index (χ2v) is 7.36. The number of hydrogen-bond donors (Lipinski definition) is 0. The lowest BCUT2D eigenvalue weighted by atomic mass is 10.2. The summed E-state index contributed by atoms with van der Waals surface area (Å²) in [6, 6.07) is 3.91. The van der Waals surface area contributed by atoms with Crippen molar-refractivity contribution in [2.45, 2.75) is 52.8 Å². The maximum Gasteiger partial charge on any atom is 0.410 e. The summed E-state index contributed by atoms with van der Waals surface area (Å²) in [5, 5.41) is 0. The number of rotatable bonds is 3. The lowest BCUT2D eigenvalue weighted by Crippen LogP contribution is -2.33. The third kappa shape index (κ3) is 3.76. The van der Waals surface area contributed by atoms with Crippen molar-refractivity contribution in [2.75, 3.05) is 11.9 Å². The van der Waals surface area contributed by atoms with E-state index in [1.807, 2.05) is 44.9 Å². The number of pyridine rings is 1. The summed E-state index contributed by atoms with van der Waals surface area (Å²) in [6.45, 7) is 8.56. The Morgan fingerprint density at radius 3 is 2.77 bits per heavy atom. The molecule has 0 unspecified atom stereocenters. The van der Waals surface area contributed by atoms with Gasteiger partial charge in [-0.25, -0.2) is 14.8 Å². The van der Waals surface area contributed by atoms with Crippen LogP contribution in [0, 0.1) is 0 Å². The quantitative estimate of drug-likeness (QED) is 0.840. The zero-order valence-corrected chi connectivity index (χ0v) is 16.0. The molecule has 0 saturated heterocycles. The maximum atomic E-state index is 12.3. The largest absolute Gasteiger partial charge is 0.444 e. The Bertz CT molecular complexity index is 816. The van der Waals surface area contributed by atoms with E-state index in [-0.39, 0.29) is 6.09 Å². The number of anilines is 2. The second-order valence-electron chi connectivity index (χ2n) is 7.36. The van der Waals surface area contributed by atoms with Crippen LogP contribution in [-0.2, 0) is 24.2 Å². The Hall–Kier alpha value is -2.70. The fourth-order valence-electron chi connectivity index (χ4n) is 2.88. The van der Waals surface area contributed by atoms with E-state index in [2.05, 4.69) is 21.9 Å². The van der Waals surface area contributed by atoms with E-state index in [0.29, 0.717) is 19.0 Å². The van der Waals surface area contributed by atoms with Crippen LogP contribution in [0.15, 0.2) is 24.5 Å². The first-order chi connectivity index (χ1) is 12.3. The number of amides is 1. The summed E-state index contributed by atoms with van der Waals surface area (Å²) in [5.41, 5.74) is 3.27. The lowest BCUT2D eigenvalue weighted by molar-refractivity contribution is 0.0240. The average molecular weight is 355 g/mol. The molecule has 0 radical (unpaired) electrons. The van der Waals surface area contributed by atoms with Gasteiger partial charge in [0.05, 0.1) is 30.2 Å². The van der Waals surface area contributed by atoms with Gasteiger partial charge >= 0.3 is 6.09 Å². The summed E-state index contributed by atoms with van der Waals surface area (Å²) in [6.07, 6.45) is 4.09. The molecule has 0 aliphatic carbocycles. The van der Waals surface area contributed by atoms with Crippen LogP contribution in [0.25, 0.3) is 0 Å². The van der Waals surface area contributed by atoms with Gasteiger partial charge in [-0.2, -0.15) is 0 Å². The number of carbonyl (C=O) groups excluding carboxylic acids is 1. The number of hydrogen-bond acceptors (Lipinski definition) is 6. The van der Waals surface area contributed by atoms with Gasteiger partial charge in [-0.15, -0.1) is 0 Å². The molecule has 3 rings (SSSR count). The maximum absolute atomic E-state index is 12.3. The molecule has 2 aromatic rings. The van der Waals surface area contributed by atoms with Crippen LogP contribution in [0.5, 0.6) is 0 Å². The van der Waals surface area contributed by atoms with Gasteiger partial charge in [0.2, 0.25) is 5.95 Å². The van der Waals surface area contributed by atoms with Crippen LogP contribution in [0.4, 0.5) is 16.4 Å². The molecule has 7 heteroatoms. The van der Waals surface area contributed by atoms with Crippen molar-refractivity contribution in [3.8, 4) is 0 Å². The van der Waals surface area contributed by atoms with Crippen molar-refractivity contribution in [3.05, 3.63) is 41.5 Å². The van der Waals surface area contributed by atoms with Crippen LogP contribution in [0.1, 0.15) is 44.6 Å². The van der Waals surface area contributed by atoms with Gasteiger partial charge in [-0.1, -0.05) is 6.92 Å². The van der Waals surface area contributed by atoms with E-state index < -0.39 is 5.60 Å². The van der Waals surface area contributed by atoms with Crippen molar-refractivity contribution in [2.24, 2.45) is 0 Å². The molecule has 138 valence electrons. The number of carbonyl (C=O) groups is 1. The second kappa shape index (κ2) is 6.90. The monoisotopic (exact) mass is 355 g/mol. The molecule has 1 amide bonds. The third-order valence-corrected chi connectivity index (χ3v) is 4.16. The molecule has 0 fully saturated rings. The minimum Gasteiger partial charge on any atom is -0.444 e. The number of nitrogens with zero attached hydrogens (tertiary/aromatic N) is 5. The van der Waals surface area contributed by atoms with Crippen molar-refractivity contribution >= 4 is 17.7 Å². The van der Waals surface area contributed by atoms with E-state index in [0.717, 1.165) is 29.1 Å². The van der Waals surface area contributed by atoms with Gasteiger partial charge in [-0.3, -0.25) is 9.88 Å². The van der Waals surface area contributed by atoms with Crippen LogP contribution < -0.4 is 4.90 Å². The lowest BCUT2D eigenvalue weighted by Gasteiger charge is -2.23. The number of aromatic nitrogens is 3. The van der Waals surface area contributed by atoms with Crippen molar-refractivity contribution in [3.63, 3.8) is 0 Å². The minimum atomic E-state index is -0.514. The van der Waals surface area contributed by atoms with Crippen LogP contribution in [0.3, 0.4) is 0 Å². The molecule has 1 aliphatic heterocycles. The Morgan fingerprint density at radius 1 is 1.31 bits per heavy atom. The predicted molar refractivity (Wildman–Crippen MR) is 99.2 cm³/mol. The highest BCUT2D eigenvalue weighted by Gasteiger charge is 2.29. The van der Waals surface area contributed by atoms with Gasteiger partial charge in [-0.05, 0) is 39.3 Å². The Kier molecular flexibility index (Phi) is 4.80. The van der Waals surface area contributed by atoms with Crippen molar-refractivity contribution < 1.29 is 9.53 Å². The molecule has 0 spiro atoms. The number of aryl methyl sites for hydroxylation is 1. The highest BCUT2D eigenvalue weighted by molar-refractivity contribution is 5.69. The smallest absolute Gasteiger partial charge is 0.410 e. The fraction of sp³-hybridized carbons (Fsp3) is 0.474. The van der Waals surface area contributed by atoms with Gasteiger partial charge in [0.1, 0.15) is 5.60 Å². The topological polar surface area (TPSA) is 71.5 Å². The first-order valence-corrected chi connectivity index (χ1v) is 8.79. The molecule has 1 aliphatic rings. The summed E-state index contributed by atoms with van der Waals surface area (Å²) < 4.78 is 5.45. The first-order valence-electron chi connectivity index (χ1n) is 8.79. The Morgan fingerprint density at radius 2 is 2.08 bits per heavy atom. The van der Waals surface area contributed by atoms with Crippen LogP contribution >= 0.6 is 0 Å². The summed E-state index contributed by atoms with van der Waals surface area (Å²) in [5.74, 6) is 0.595. The standard InChI is InChI=1S/C19H25N5O2/c1-6-14-16(8-7-9-20-14)23(5)17-21-10-13-11-24(12-15(13)22-17)18(25)26-19(2,3)4/h7-10H,6,11-12H2,1-5H3. The average Bonchev–Trinajstić information content (AvgIpc) is 3.03. The van der Waals surface area contributed by atoms with Gasteiger partial charge < -0.3 is 9.64 Å². The van der Waals surface area contributed by atoms with E-state index >= 15 is 0 Å². The molecule has 0 aromatic carbocycles. The van der Waals surface area contributed by atoms with E-state index in [4.69, 9.17) is 4.74 Å². The zero-order chi connectivity index (χ0) is 18.9. The molecule has 0 bridgehead atoms. The summed E-state index contributed by atoms with van der Waals surface area (Å²) in [4.78, 5) is 29.4.